The Hall–Kier alpha value is -2.34. The number of aromatic nitrogens is 2. The first-order valence-corrected chi connectivity index (χ1v) is 8.38. The summed E-state index contributed by atoms with van der Waals surface area (Å²) in [5.74, 6) is 0.468. The monoisotopic (exact) mass is 345 g/mol. The highest BCUT2D eigenvalue weighted by molar-refractivity contribution is 6.30. The summed E-state index contributed by atoms with van der Waals surface area (Å²) >= 11 is 5.83. The molecule has 0 bridgehead atoms. The lowest BCUT2D eigenvalue weighted by atomic mass is 10.1. The number of hydrogen-bond acceptors (Lipinski definition) is 5. The van der Waals surface area contributed by atoms with E-state index in [4.69, 9.17) is 17.3 Å². The van der Waals surface area contributed by atoms with Crippen LogP contribution in [0.3, 0.4) is 0 Å². The van der Waals surface area contributed by atoms with Crippen LogP contribution < -0.4 is 11.1 Å². The average molecular weight is 346 g/mol. The van der Waals surface area contributed by atoms with Crippen LogP contribution in [0.15, 0.2) is 36.7 Å². The van der Waals surface area contributed by atoms with Gasteiger partial charge in [-0.3, -0.25) is 4.79 Å². The van der Waals surface area contributed by atoms with Gasteiger partial charge in [0.2, 0.25) is 0 Å². The van der Waals surface area contributed by atoms with Gasteiger partial charge < -0.3 is 16.0 Å². The maximum atomic E-state index is 12.5. The Kier molecular flexibility index (Phi) is 5.15. The summed E-state index contributed by atoms with van der Waals surface area (Å²) in [7, 11) is 0. The van der Waals surface area contributed by atoms with Crippen molar-refractivity contribution < 1.29 is 4.79 Å². The number of nitrogens with two attached hydrogens (primary N) is 1. The van der Waals surface area contributed by atoms with E-state index in [0.29, 0.717) is 29.1 Å². The number of nitrogens with one attached hydrogen (secondary N) is 1. The smallest absolute Gasteiger partial charge is 0.272 e. The molecular weight excluding hydrogens is 326 g/mol. The molecule has 0 aromatic carbocycles. The van der Waals surface area contributed by atoms with Gasteiger partial charge in [0.25, 0.3) is 5.91 Å². The highest BCUT2D eigenvalue weighted by Gasteiger charge is 2.22. The van der Waals surface area contributed by atoms with Crippen LogP contribution in [-0.2, 0) is 0 Å². The molecule has 1 saturated heterocycles. The molecule has 0 spiro atoms. The zero-order chi connectivity index (χ0) is 16.9. The molecule has 0 radical (unpaired) electrons. The number of pyridine rings is 2. The van der Waals surface area contributed by atoms with Crippen molar-refractivity contribution in [2.75, 3.05) is 24.1 Å². The van der Waals surface area contributed by atoms with E-state index < -0.39 is 0 Å². The van der Waals surface area contributed by atoms with Gasteiger partial charge in [0.15, 0.2) is 0 Å². The third-order valence-corrected chi connectivity index (χ3v) is 4.34. The van der Waals surface area contributed by atoms with Crippen LogP contribution >= 0.6 is 11.6 Å². The number of nitrogens with zero attached hydrogens (tertiary/aromatic N) is 3. The summed E-state index contributed by atoms with van der Waals surface area (Å²) in [5.41, 5.74) is 6.99. The maximum Gasteiger partial charge on any atom is 0.272 e. The number of rotatable bonds is 3. The minimum Gasteiger partial charge on any atom is -0.384 e. The number of amides is 1. The van der Waals surface area contributed by atoms with Gasteiger partial charge in [-0.2, -0.15) is 0 Å². The van der Waals surface area contributed by atoms with Crippen LogP contribution in [0, 0.1) is 0 Å². The number of carbonyl (C=O) groups is 1. The number of anilines is 2. The Balaban J connectivity index is 1.59. The maximum absolute atomic E-state index is 12.5. The Morgan fingerprint density at radius 3 is 2.75 bits per heavy atom. The van der Waals surface area contributed by atoms with Gasteiger partial charge in [-0.15, -0.1) is 0 Å². The molecule has 1 amide bonds. The SMILES string of the molecule is Nc1ccc(N[C@@H]2CCCN(C(=O)c3ccc(Cl)cn3)CC2)cn1. The van der Waals surface area contributed by atoms with Gasteiger partial charge in [-0.05, 0) is 43.5 Å². The van der Waals surface area contributed by atoms with Gasteiger partial charge in [0, 0.05) is 25.3 Å². The molecule has 0 unspecified atom stereocenters. The highest BCUT2D eigenvalue weighted by atomic mass is 35.5. The molecule has 2 aromatic rings. The minimum absolute atomic E-state index is 0.0403. The summed E-state index contributed by atoms with van der Waals surface area (Å²) in [6.45, 7) is 1.44. The van der Waals surface area contributed by atoms with E-state index in [-0.39, 0.29) is 5.91 Å². The average Bonchev–Trinajstić information content (AvgIpc) is 2.83. The Morgan fingerprint density at radius 1 is 1.17 bits per heavy atom. The van der Waals surface area contributed by atoms with Gasteiger partial charge in [-0.25, -0.2) is 9.97 Å². The summed E-state index contributed by atoms with van der Waals surface area (Å²) in [6.07, 6.45) is 6.07. The van der Waals surface area contributed by atoms with Gasteiger partial charge in [0.05, 0.1) is 16.9 Å². The standard InChI is InChI=1S/C17H20ClN5O/c18-12-3-5-15(20-10-12)17(24)23-8-1-2-13(7-9-23)22-14-4-6-16(19)21-11-14/h3-6,10-11,13,22H,1-2,7-9H2,(H2,19,21)/t13-/m1/s1. The summed E-state index contributed by atoms with van der Waals surface area (Å²) in [5, 5.41) is 4.00. The predicted molar refractivity (Wildman–Crippen MR) is 95.1 cm³/mol. The van der Waals surface area contributed by atoms with Crippen LogP contribution in [0.25, 0.3) is 0 Å². The molecule has 3 heterocycles. The summed E-state index contributed by atoms with van der Waals surface area (Å²) in [6, 6.07) is 7.38. The second-order valence-electron chi connectivity index (χ2n) is 5.90. The van der Waals surface area contributed by atoms with E-state index >= 15 is 0 Å². The summed E-state index contributed by atoms with van der Waals surface area (Å²) in [4.78, 5) is 22.6. The third-order valence-electron chi connectivity index (χ3n) is 4.12. The number of nitrogen functional groups attached to an aromatic ring is 1. The van der Waals surface area contributed by atoms with Gasteiger partial charge >= 0.3 is 0 Å². The van der Waals surface area contributed by atoms with E-state index in [9.17, 15) is 4.79 Å². The van der Waals surface area contributed by atoms with Crippen molar-refractivity contribution in [2.24, 2.45) is 0 Å². The lowest BCUT2D eigenvalue weighted by Crippen LogP contribution is -2.33. The third kappa shape index (κ3) is 4.14. The molecule has 0 aliphatic carbocycles. The van der Waals surface area contributed by atoms with Crippen molar-refractivity contribution in [3.8, 4) is 0 Å². The van der Waals surface area contributed by atoms with Crippen LogP contribution in [0.4, 0.5) is 11.5 Å². The largest absolute Gasteiger partial charge is 0.384 e. The molecule has 0 saturated carbocycles. The molecule has 126 valence electrons. The Morgan fingerprint density at radius 2 is 2.04 bits per heavy atom. The number of halogens is 1. The quantitative estimate of drug-likeness (QED) is 0.893. The lowest BCUT2D eigenvalue weighted by molar-refractivity contribution is 0.0755. The van der Waals surface area contributed by atoms with E-state index in [0.717, 1.165) is 31.5 Å². The summed E-state index contributed by atoms with van der Waals surface area (Å²) < 4.78 is 0. The number of carbonyl (C=O) groups excluding carboxylic acids is 1. The number of hydrogen-bond donors (Lipinski definition) is 2. The molecular formula is C17H20ClN5O. The predicted octanol–water partition coefficient (Wildman–Crippen LogP) is 2.82. The topological polar surface area (TPSA) is 84.1 Å². The van der Waals surface area contributed by atoms with Crippen molar-refractivity contribution in [1.29, 1.82) is 0 Å². The van der Waals surface area contributed by atoms with Gasteiger partial charge in [0.1, 0.15) is 11.5 Å². The molecule has 24 heavy (non-hydrogen) atoms. The first kappa shape index (κ1) is 16.5. The van der Waals surface area contributed by atoms with Crippen LogP contribution in [0.2, 0.25) is 5.02 Å². The van der Waals surface area contributed by atoms with Crippen LogP contribution in [0.5, 0.6) is 0 Å². The first-order chi connectivity index (χ1) is 11.6. The molecule has 3 rings (SSSR count). The van der Waals surface area contributed by atoms with Crippen molar-refractivity contribution in [3.63, 3.8) is 0 Å². The normalized spacial score (nSPS) is 18.0. The molecule has 2 aromatic heterocycles. The molecule has 7 heteroatoms. The zero-order valence-electron chi connectivity index (χ0n) is 13.3. The first-order valence-electron chi connectivity index (χ1n) is 8.01. The molecule has 3 N–H and O–H groups in total. The van der Waals surface area contributed by atoms with Crippen molar-refractivity contribution in [2.45, 2.75) is 25.3 Å². The molecule has 1 fully saturated rings. The lowest BCUT2D eigenvalue weighted by Gasteiger charge is -2.21. The van der Waals surface area contributed by atoms with Crippen LogP contribution in [0.1, 0.15) is 29.8 Å². The zero-order valence-corrected chi connectivity index (χ0v) is 14.0. The molecule has 1 atom stereocenters. The molecule has 1 aliphatic heterocycles. The van der Waals surface area contributed by atoms with Crippen LogP contribution in [-0.4, -0.2) is 39.9 Å². The van der Waals surface area contributed by atoms with E-state index in [1.54, 1.807) is 24.4 Å². The molecule has 6 nitrogen and oxygen atoms in total. The van der Waals surface area contributed by atoms with E-state index in [1.165, 1.54) is 6.20 Å². The second kappa shape index (κ2) is 7.49. The highest BCUT2D eigenvalue weighted by Crippen LogP contribution is 2.18. The van der Waals surface area contributed by atoms with Crippen molar-refractivity contribution >= 4 is 29.0 Å². The Labute approximate surface area is 146 Å². The van der Waals surface area contributed by atoms with Crippen molar-refractivity contribution in [1.82, 2.24) is 14.9 Å². The second-order valence-corrected chi connectivity index (χ2v) is 6.33. The van der Waals surface area contributed by atoms with Gasteiger partial charge in [-0.1, -0.05) is 11.6 Å². The fourth-order valence-corrected chi connectivity index (χ4v) is 2.95. The van der Waals surface area contributed by atoms with E-state index in [2.05, 4.69) is 15.3 Å². The minimum atomic E-state index is -0.0403. The van der Waals surface area contributed by atoms with Crippen molar-refractivity contribution in [3.05, 3.63) is 47.4 Å². The molecule has 1 aliphatic rings. The fraction of sp³-hybridized carbons (Fsp3) is 0.353. The Bertz CT molecular complexity index is 689. The fourth-order valence-electron chi connectivity index (χ4n) is 2.83. The van der Waals surface area contributed by atoms with E-state index in [1.807, 2.05) is 11.0 Å². The number of likely N-dealkylation sites (tertiary alicyclic amines) is 1.